The van der Waals surface area contributed by atoms with Crippen molar-refractivity contribution in [3.8, 4) is 0 Å². The second-order valence-corrected chi connectivity index (χ2v) is 5.58. The molecule has 0 aromatic carbocycles. The smallest absolute Gasteiger partial charge is 0.0385 e. The van der Waals surface area contributed by atoms with Crippen molar-refractivity contribution >= 4 is 12.4 Å². The lowest BCUT2D eigenvalue weighted by Gasteiger charge is -1.96. The lowest BCUT2D eigenvalue weighted by molar-refractivity contribution is 0.674. The molecule has 0 radical (unpaired) electrons. The van der Waals surface area contributed by atoms with Crippen molar-refractivity contribution in [2.45, 2.75) is 90.9 Å². The van der Waals surface area contributed by atoms with E-state index in [0.717, 1.165) is 25.9 Å². The van der Waals surface area contributed by atoms with Gasteiger partial charge in [-0.15, -0.1) is 0 Å². The molecular formula is C18H36N2. The van der Waals surface area contributed by atoms with Gasteiger partial charge in [0.05, 0.1) is 0 Å². The van der Waals surface area contributed by atoms with Crippen molar-refractivity contribution in [3.05, 3.63) is 0 Å². The molecule has 2 heteroatoms. The normalized spacial score (nSPS) is 11.9. The molecule has 118 valence electrons. The Morgan fingerprint density at radius 2 is 1.00 bits per heavy atom. The van der Waals surface area contributed by atoms with E-state index in [1.54, 1.807) is 0 Å². The summed E-state index contributed by atoms with van der Waals surface area (Å²) in [5.41, 5.74) is 0. The fourth-order valence-electron chi connectivity index (χ4n) is 2.10. The average Bonchev–Trinajstić information content (AvgIpc) is 2.47. The van der Waals surface area contributed by atoms with Gasteiger partial charge in [-0.25, -0.2) is 0 Å². The quantitative estimate of drug-likeness (QED) is 0.265. The van der Waals surface area contributed by atoms with Crippen molar-refractivity contribution < 1.29 is 0 Å². The summed E-state index contributed by atoms with van der Waals surface area (Å²) in [7, 11) is 0. The van der Waals surface area contributed by atoms with Gasteiger partial charge in [0.2, 0.25) is 0 Å². The predicted molar refractivity (Wildman–Crippen MR) is 93.5 cm³/mol. The van der Waals surface area contributed by atoms with E-state index in [-0.39, 0.29) is 0 Å². The van der Waals surface area contributed by atoms with Gasteiger partial charge in [0.15, 0.2) is 0 Å². The monoisotopic (exact) mass is 280 g/mol. The maximum absolute atomic E-state index is 4.46. The molecule has 0 bridgehead atoms. The molecule has 0 amide bonds. The van der Waals surface area contributed by atoms with Crippen LogP contribution in [-0.4, -0.2) is 25.5 Å². The minimum absolute atomic E-state index is 1.03. The van der Waals surface area contributed by atoms with Crippen molar-refractivity contribution in [3.63, 3.8) is 0 Å². The van der Waals surface area contributed by atoms with Gasteiger partial charge in [0.1, 0.15) is 0 Å². The fourth-order valence-corrected chi connectivity index (χ4v) is 2.10. The van der Waals surface area contributed by atoms with E-state index in [4.69, 9.17) is 0 Å². The molecule has 0 aromatic heterocycles. The van der Waals surface area contributed by atoms with E-state index >= 15 is 0 Å². The Morgan fingerprint density at radius 3 is 1.40 bits per heavy atom. The number of hydrogen-bond donors (Lipinski definition) is 0. The molecule has 0 aliphatic rings. The van der Waals surface area contributed by atoms with Crippen LogP contribution in [0.25, 0.3) is 0 Å². The largest absolute Gasteiger partial charge is 0.298 e. The Hall–Kier alpha value is -0.660. The molecule has 0 saturated heterocycles. The third-order valence-electron chi connectivity index (χ3n) is 3.46. The third-order valence-corrected chi connectivity index (χ3v) is 3.46. The van der Waals surface area contributed by atoms with Crippen molar-refractivity contribution in [2.75, 3.05) is 13.1 Å². The van der Waals surface area contributed by atoms with Crippen LogP contribution in [0.1, 0.15) is 90.9 Å². The van der Waals surface area contributed by atoms with Gasteiger partial charge in [0.25, 0.3) is 0 Å². The van der Waals surface area contributed by atoms with E-state index in [0.29, 0.717) is 0 Å². The van der Waals surface area contributed by atoms with Crippen molar-refractivity contribution in [2.24, 2.45) is 9.98 Å². The minimum Gasteiger partial charge on any atom is -0.298 e. The Labute approximate surface area is 127 Å². The molecule has 20 heavy (non-hydrogen) atoms. The second-order valence-electron chi connectivity index (χ2n) is 5.58. The lowest BCUT2D eigenvalue weighted by atomic mass is 10.2. The summed E-state index contributed by atoms with van der Waals surface area (Å²) in [6.07, 6.45) is 19.5. The molecule has 0 N–H and O–H groups in total. The van der Waals surface area contributed by atoms with E-state index in [9.17, 15) is 0 Å². The van der Waals surface area contributed by atoms with E-state index < -0.39 is 0 Å². The van der Waals surface area contributed by atoms with Crippen LogP contribution in [0.15, 0.2) is 9.98 Å². The number of hydrogen-bond acceptors (Lipinski definition) is 2. The summed E-state index contributed by atoms with van der Waals surface area (Å²) in [6.45, 7) is 6.55. The van der Waals surface area contributed by atoms with Gasteiger partial charge < -0.3 is 0 Å². The van der Waals surface area contributed by atoms with Crippen LogP contribution in [0.2, 0.25) is 0 Å². The standard InChI is InChI=1S/C18H36N2/c1-3-5-7-11-15-19-17-13-9-10-14-18-20-16-12-8-6-4-2/h17-18H,3-16H2,1-2H3. The predicted octanol–water partition coefficient (Wildman–Crippen LogP) is 5.85. The van der Waals surface area contributed by atoms with Gasteiger partial charge in [-0.2, -0.15) is 0 Å². The minimum atomic E-state index is 1.03. The van der Waals surface area contributed by atoms with Gasteiger partial charge in [-0.1, -0.05) is 52.4 Å². The first-order valence-electron chi connectivity index (χ1n) is 8.88. The SMILES string of the molecule is CCCCCCN=CCCCCC=NCCCCCC. The van der Waals surface area contributed by atoms with E-state index in [2.05, 4.69) is 36.3 Å². The van der Waals surface area contributed by atoms with Crippen LogP contribution < -0.4 is 0 Å². The summed E-state index contributed by atoms with van der Waals surface area (Å²) in [5, 5.41) is 0. The first-order chi connectivity index (χ1) is 9.91. The number of rotatable bonds is 15. The molecule has 0 fully saturated rings. The summed E-state index contributed by atoms with van der Waals surface area (Å²) >= 11 is 0. The molecule has 0 aliphatic heterocycles. The third kappa shape index (κ3) is 17.3. The lowest BCUT2D eigenvalue weighted by Crippen LogP contribution is -1.86. The highest BCUT2D eigenvalue weighted by molar-refractivity contribution is 5.58. The summed E-state index contributed by atoms with van der Waals surface area (Å²) in [4.78, 5) is 8.92. The summed E-state index contributed by atoms with van der Waals surface area (Å²) in [5.74, 6) is 0. The summed E-state index contributed by atoms with van der Waals surface area (Å²) < 4.78 is 0. The molecule has 0 unspecified atom stereocenters. The molecule has 0 aromatic rings. The van der Waals surface area contributed by atoms with Crippen LogP contribution in [0.4, 0.5) is 0 Å². The van der Waals surface area contributed by atoms with Crippen molar-refractivity contribution in [1.29, 1.82) is 0 Å². The Bertz CT molecular complexity index is 197. The molecule has 0 heterocycles. The zero-order valence-corrected chi connectivity index (χ0v) is 13.9. The Morgan fingerprint density at radius 1 is 0.550 bits per heavy atom. The molecular weight excluding hydrogens is 244 g/mol. The maximum atomic E-state index is 4.46. The topological polar surface area (TPSA) is 24.7 Å². The van der Waals surface area contributed by atoms with Crippen LogP contribution >= 0.6 is 0 Å². The number of nitrogens with zero attached hydrogens (tertiary/aromatic N) is 2. The van der Waals surface area contributed by atoms with Crippen LogP contribution in [0, 0.1) is 0 Å². The highest BCUT2D eigenvalue weighted by Gasteiger charge is 1.87. The zero-order chi connectivity index (χ0) is 14.7. The van der Waals surface area contributed by atoms with E-state index in [1.807, 2.05) is 0 Å². The van der Waals surface area contributed by atoms with Gasteiger partial charge >= 0.3 is 0 Å². The van der Waals surface area contributed by atoms with Crippen molar-refractivity contribution in [1.82, 2.24) is 0 Å². The molecule has 0 spiro atoms. The van der Waals surface area contributed by atoms with Crippen LogP contribution in [0.3, 0.4) is 0 Å². The van der Waals surface area contributed by atoms with E-state index in [1.165, 1.54) is 64.2 Å². The zero-order valence-electron chi connectivity index (χ0n) is 13.9. The van der Waals surface area contributed by atoms with Gasteiger partial charge in [-0.05, 0) is 51.0 Å². The first kappa shape index (κ1) is 19.3. The number of aliphatic imine (C=N–C) groups is 2. The van der Waals surface area contributed by atoms with Crippen LogP contribution in [-0.2, 0) is 0 Å². The Balaban J connectivity index is 3.11. The summed E-state index contributed by atoms with van der Waals surface area (Å²) in [6, 6.07) is 0. The Kier molecular flexibility index (Phi) is 17.7. The maximum Gasteiger partial charge on any atom is 0.0385 e. The van der Waals surface area contributed by atoms with Gasteiger partial charge in [0, 0.05) is 13.1 Å². The highest BCUT2D eigenvalue weighted by atomic mass is 14.7. The fraction of sp³-hybridized carbons (Fsp3) is 0.889. The average molecular weight is 280 g/mol. The highest BCUT2D eigenvalue weighted by Crippen LogP contribution is 2.01. The second kappa shape index (κ2) is 18.3. The molecule has 0 aliphatic carbocycles. The number of unbranched alkanes of at least 4 members (excludes halogenated alkanes) is 9. The first-order valence-corrected chi connectivity index (χ1v) is 8.88. The molecule has 0 saturated carbocycles. The van der Waals surface area contributed by atoms with Crippen LogP contribution in [0.5, 0.6) is 0 Å². The molecule has 0 rings (SSSR count). The molecule has 0 atom stereocenters. The van der Waals surface area contributed by atoms with Gasteiger partial charge in [-0.3, -0.25) is 9.98 Å². The molecule has 2 nitrogen and oxygen atoms in total.